The number of hydrogen-bond donors (Lipinski definition) is 1. The number of benzene rings is 1. The largest absolute Gasteiger partial charge is 0.376 e. The molecule has 3 heterocycles. The standard InChI is InChI=1S/C19H24N4O2/c24-19(21-14-16-6-3-13-25-16)23-11-9-22(10-12-23)17-7-1-4-15-5-2-8-20-18(15)17/h1-2,4-5,7-8,16H,3,6,9-14H2,(H,21,24). The minimum Gasteiger partial charge on any atom is -0.376 e. The lowest BCUT2D eigenvalue weighted by atomic mass is 10.1. The van der Waals surface area contributed by atoms with Gasteiger partial charge in [0, 0.05) is 50.9 Å². The molecule has 132 valence electrons. The van der Waals surface area contributed by atoms with Gasteiger partial charge >= 0.3 is 6.03 Å². The van der Waals surface area contributed by atoms with Crippen molar-refractivity contribution in [1.29, 1.82) is 0 Å². The zero-order valence-electron chi connectivity index (χ0n) is 14.4. The minimum absolute atomic E-state index is 0.0196. The van der Waals surface area contributed by atoms with Gasteiger partial charge in [0.15, 0.2) is 0 Å². The van der Waals surface area contributed by atoms with Gasteiger partial charge in [0.1, 0.15) is 0 Å². The molecule has 1 unspecified atom stereocenters. The van der Waals surface area contributed by atoms with E-state index in [9.17, 15) is 4.79 Å². The second-order valence-corrected chi connectivity index (χ2v) is 6.65. The maximum Gasteiger partial charge on any atom is 0.317 e. The fraction of sp³-hybridized carbons (Fsp3) is 0.474. The van der Waals surface area contributed by atoms with Crippen LogP contribution in [0.2, 0.25) is 0 Å². The van der Waals surface area contributed by atoms with Crippen LogP contribution in [0.5, 0.6) is 0 Å². The predicted octanol–water partition coefficient (Wildman–Crippen LogP) is 2.25. The second kappa shape index (κ2) is 7.27. The number of anilines is 1. The summed E-state index contributed by atoms with van der Waals surface area (Å²) in [6.45, 7) is 4.53. The van der Waals surface area contributed by atoms with Crippen molar-refractivity contribution >= 4 is 22.6 Å². The van der Waals surface area contributed by atoms with E-state index < -0.39 is 0 Å². The Morgan fingerprint density at radius 2 is 2.04 bits per heavy atom. The Hall–Kier alpha value is -2.34. The molecule has 1 aromatic carbocycles. The summed E-state index contributed by atoms with van der Waals surface area (Å²) in [5.74, 6) is 0. The minimum atomic E-state index is 0.0196. The summed E-state index contributed by atoms with van der Waals surface area (Å²) in [6, 6.07) is 10.3. The number of nitrogens with zero attached hydrogens (tertiary/aromatic N) is 3. The second-order valence-electron chi connectivity index (χ2n) is 6.65. The van der Waals surface area contributed by atoms with Crippen molar-refractivity contribution in [3.63, 3.8) is 0 Å². The summed E-state index contributed by atoms with van der Waals surface area (Å²) in [7, 11) is 0. The molecule has 2 amide bonds. The zero-order valence-corrected chi connectivity index (χ0v) is 14.4. The summed E-state index contributed by atoms with van der Waals surface area (Å²) in [6.07, 6.45) is 4.16. The Bertz CT molecular complexity index is 732. The van der Waals surface area contributed by atoms with Crippen molar-refractivity contribution in [2.24, 2.45) is 0 Å². The third-order valence-electron chi connectivity index (χ3n) is 5.02. The van der Waals surface area contributed by atoms with Crippen molar-refractivity contribution in [2.45, 2.75) is 18.9 Å². The molecule has 2 fully saturated rings. The number of hydrogen-bond acceptors (Lipinski definition) is 4. The smallest absolute Gasteiger partial charge is 0.317 e. The lowest BCUT2D eigenvalue weighted by molar-refractivity contribution is 0.108. The normalized spacial score (nSPS) is 20.9. The van der Waals surface area contributed by atoms with Crippen LogP contribution in [-0.4, -0.2) is 61.3 Å². The van der Waals surface area contributed by atoms with Gasteiger partial charge in [-0.05, 0) is 25.0 Å². The van der Waals surface area contributed by atoms with E-state index in [0.29, 0.717) is 6.54 Å². The van der Waals surface area contributed by atoms with Crippen LogP contribution in [0.15, 0.2) is 36.5 Å². The quantitative estimate of drug-likeness (QED) is 0.931. The van der Waals surface area contributed by atoms with Gasteiger partial charge in [0.25, 0.3) is 0 Å². The van der Waals surface area contributed by atoms with Gasteiger partial charge in [-0.25, -0.2) is 4.79 Å². The Labute approximate surface area is 147 Å². The third-order valence-corrected chi connectivity index (χ3v) is 5.02. The number of carbonyl (C=O) groups is 1. The van der Waals surface area contributed by atoms with Gasteiger partial charge < -0.3 is 19.9 Å². The third kappa shape index (κ3) is 3.54. The Morgan fingerprint density at radius 3 is 2.84 bits per heavy atom. The van der Waals surface area contributed by atoms with E-state index in [0.717, 1.165) is 62.2 Å². The Morgan fingerprint density at radius 1 is 1.20 bits per heavy atom. The summed E-state index contributed by atoms with van der Waals surface area (Å²) in [4.78, 5) is 21.1. The molecule has 0 bridgehead atoms. The maximum atomic E-state index is 12.3. The SMILES string of the molecule is O=C(NCC1CCCO1)N1CCN(c2cccc3cccnc23)CC1. The number of piperazine rings is 1. The summed E-state index contributed by atoms with van der Waals surface area (Å²) in [5, 5.41) is 4.16. The number of para-hydroxylation sites is 1. The molecule has 1 atom stereocenters. The highest BCUT2D eigenvalue weighted by molar-refractivity contribution is 5.90. The fourth-order valence-electron chi connectivity index (χ4n) is 3.61. The number of pyridine rings is 1. The van der Waals surface area contributed by atoms with Crippen molar-refractivity contribution in [2.75, 3.05) is 44.2 Å². The molecule has 6 nitrogen and oxygen atoms in total. The van der Waals surface area contributed by atoms with E-state index in [1.807, 2.05) is 17.2 Å². The van der Waals surface area contributed by atoms with Crippen molar-refractivity contribution in [3.05, 3.63) is 36.5 Å². The molecule has 2 saturated heterocycles. The summed E-state index contributed by atoms with van der Waals surface area (Å²) < 4.78 is 5.56. The number of amides is 2. The molecule has 4 rings (SSSR count). The first-order valence-corrected chi connectivity index (χ1v) is 9.04. The molecule has 0 aliphatic carbocycles. The Balaban J connectivity index is 1.35. The van der Waals surface area contributed by atoms with Crippen LogP contribution in [-0.2, 0) is 4.74 Å². The highest BCUT2D eigenvalue weighted by Gasteiger charge is 2.23. The van der Waals surface area contributed by atoms with Gasteiger partial charge in [-0.1, -0.05) is 18.2 Å². The molecule has 6 heteroatoms. The number of rotatable bonds is 3. The number of aromatic nitrogens is 1. The van der Waals surface area contributed by atoms with E-state index in [1.54, 1.807) is 0 Å². The van der Waals surface area contributed by atoms with E-state index in [-0.39, 0.29) is 12.1 Å². The van der Waals surface area contributed by atoms with Gasteiger partial charge in [-0.3, -0.25) is 4.98 Å². The van der Waals surface area contributed by atoms with Crippen molar-refractivity contribution in [1.82, 2.24) is 15.2 Å². The van der Waals surface area contributed by atoms with Gasteiger partial charge in [0.05, 0.1) is 17.3 Å². The van der Waals surface area contributed by atoms with Gasteiger partial charge in [-0.15, -0.1) is 0 Å². The number of fused-ring (bicyclic) bond motifs is 1. The van der Waals surface area contributed by atoms with Crippen LogP contribution < -0.4 is 10.2 Å². The number of urea groups is 1. The van der Waals surface area contributed by atoms with E-state index in [4.69, 9.17) is 4.74 Å². The van der Waals surface area contributed by atoms with Gasteiger partial charge in [-0.2, -0.15) is 0 Å². The van der Waals surface area contributed by atoms with Crippen LogP contribution in [0.25, 0.3) is 10.9 Å². The van der Waals surface area contributed by atoms with Crippen LogP contribution in [0.4, 0.5) is 10.5 Å². The highest BCUT2D eigenvalue weighted by atomic mass is 16.5. The van der Waals surface area contributed by atoms with E-state index in [2.05, 4.69) is 39.5 Å². The molecule has 0 saturated carbocycles. The summed E-state index contributed by atoms with van der Waals surface area (Å²) >= 11 is 0. The van der Waals surface area contributed by atoms with Crippen LogP contribution >= 0.6 is 0 Å². The molecule has 0 spiro atoms. The first kappa shape index (κ1) is 16.1. The van der Waals surface area contributed by atoms with Crippen LogP contribution in [0, 0.1) is 0 Å². The molecule has 2 aliphatic rings. The maximum absolute atomic E-state index is 12.3. The fourth-order valence-corrected chi connectivity index (χ4v) is 3.61. The van der Waals surface area contributed by atoms with E-state index in [1.165, 1.54) is 0 Å². The topological polar surface area (TPSA) is 57.7 Å². The molecule has 1 aromatic heterocycles. The summed E-state index contributed by atoms with van der Waals surface area (Å²) in [5.41, 5.74) is 2.18. The average molecular weight is 340 g/mol. The van der Waals surface area contributed by atoms with Crippen molar-refractivity contribution < 1.29 is 9.53 Å². The predicted molar refractivity (Wildman–Crippen MR) is 97.9 cm³/mol. The number of nitrogens with one attached hydrogen (secondary N) is 1. The van der Waals surface area contributed by atoms with Crippen molar-refractivity contribution in [3.8, 4) is 0 Å². The van der Waals surface area contributed by atoms with Crippen LogP contribution in [0.3, 0.4) is 0 Å². The number of ether oxygens (including phenoxy) is 1. The highest BCUT2D eigenvalue weighted by Crippen LogP contribution is 2.25. The molecular weight excluding hydrogens is 316 g/mol. The van der Waals surface area contributed by atoms with Gasteiger partial charge in [0.2, 0.25) is 0 Å². The molecule has 1 N–H and O–H groups in total. The first-order valence-electron chi connectivity index (χ1n) is 9.04. The average Bonchev–Trinajstić information content (AvgIpc) is 3.19. The first-order chi connectivity index (χ1) is 12.3. The Kier molecular flexibility index (Phi) is 4.70. The zero-order chi connectivity index (χ0) is 17.1. The molecule has 25 heavy (non-hydrogen) atoms. The molecular formula is C19H24N4O2. The molecule has 2 aliphatic heterocycles. The van der Waals surface area contributed by atoms with E-state index >= 15 is 0 Å². The van der Waals surface area contributed by atoms with Crippen LogP contribution in [0.1, 0.15) is 12.8 Å². The number of carbonyl (C=O) groups excluding carboxylic acids is 1. The monoisotopic (exact) mass is 340 g/mol. The molecule has 0 radical (unpaired) electrons. The molecule has 2 aromatic rings. The lowest BCUT2D eigenvalue weighted by Gasteiger charge is -2.36. The lowest BCUT2D eigenvalue weighted by Crippen LogP contribution is -2.52.